The molecule has 0 amide bonds. The molecule has 0 atom stereocenters. The lowest BCUT2D eigenvalue weighted by Crippen LogP contribution is -2.21. The number of fused-ring (bicyclic) bond motifs is 1. The van der Waals surface area contributed by atoms with Gasteiger partial charge in [0.15, 0.2) is 17.3 Å². The zero-order valence-electron chi connectivity index (χ0n) is 26.8. The number of allylic oxidation sites excluding steroid dienone is 1. The molecule has 0 saturated carbocycles. The Kier molecular flexibility index (Phi) is 9.96. The number of methoxy groups -OCH3 is 1. The van der Waals surface area contributed by atoms with Gasteiger partial charge in [-0.1, -0.05) is 44.2 Å². The Hall–Kier alpha value is -5.24. The highest BCUT2D eigenvalue weighted by Gasteiger charge is 2.19. The number of nitrogens with zero attached hydrogens (tertiary/aromatic N) is 3. The van der Waals surface area contributed by atoms with E-state index in [0.717, 1.165) is 28.0 Å². The van der Waals surface area contributed by atoms with Gasteiger partial charge in [-0.25, -0.2) is 9.37 Å². The summed E-state index contributed by atoms with van der Waals surface area (Å²) in [6.45, 7) is 12.8. The van der Waals surface area contributed by atoms with Crippen LogP contribution in [0.25, 0.3) is 22.3 Å². The molecule has 0 radical (unpaired) electrons. The van der Waals surface area contributed by atoms with Gasteiger partial charge in [-0.05, 0) is 97.0 Å². The minimum atomic E-state index is -0.329. The van der Waals surface area contributed by atoms with Gasteiger partial charge in [0.1, 0.15) is 18.2 Å². The second-order valence-electron chi connectivity index (χ2n) is 11.2. The maximum absolute atomic E-state index is 13.9. The summed E-state index contributed by atoms with van der Waals surface area (Å²) in [7, 11) is 1.56. The van der Waals surface area contributed by atoms with Crippen molar-refractivity contribution in [2.75, 3.05) is 13.7 Å². The molecule has 5 aromatic rings. The highest BCUT2D eigenvalue weighted by molar-refractivity contribution is 5.83. The molecule has 0 saturated heterocycles. The first-order chi connectivity index (χ1) is 22.2. The predicted octanol–water partition coefficient (Wildman–Crippen LogP) is 8.23. The van der Waals surface area contributed by atoms with E-state index in [0.29, 0.717) is 52.4 Å². The fourth-order valence-electron chi connectivity index (χ4n) is 5.36. The molecule has 1 heterocycles. The van der Waals surface area contributed by atoms with E-state index in [1.165, 1.54) is 16.8 Å². The number of halogens is 1. The average Bonchev–Trinajstić information content (AvgIpc) is 3.04. The number of benzene rings is 4. The average molecular weight is 620 g/mol. The van der Waals surface area contributed by atoms with E-state index in [1.807, 2.05) is 50.2 Å². The molecule has 0 unspecified atom stereocenters. The van der Waals surface area contributed by atoms with Gasteiger partial charge in [-0.2, -0.15) is 9.78 Å². The van der Waals surface area contributed by atoms with Gasteiger partial charge in [0, 0.05) is 11.1 Å². The summed E-state index contributed by atoms with van der Waals surface area (Å²) in [6, 6.07) is 21.3. The molecule has 0 bridgehead atoms. The molecule has 46 heavy (non-hydrogen) atoms. The highest BCUT2D eigenvalue weighted by atomic mass is 19.1. The van der Waals surface area contributed by atoms with Crippen molar-refractivity contribution in [3.63, 3.8) is 0 Å². The standard InChI is InChI=1S/C38H38FN3O4/c1-7-12-28-18-27(20-35(44-6)36(28)46-23-26-13-11-14-29(39)19-26)22-40-42-37(41-33-16-10-9-15-30(33)38(42)43)32-21-31(24(3)4)34(45-8-2)17-25(32)5/h7,9-11,13-22,24H,1,8,12,23H2,2-6H3. The number of rotatable bonds is 12. The summed E-state index contributed by atoms with van der Waals surface area (Å²) in [4.78, 5) is 18.9. The van der Waals surface area contributed by atoms with Crippen LogP contribution in [0.1, 0.15) is 54.5 Å². The summed E-state index contributed by atoms with van der Waals surface area (Å²) in [5.41, 5.74) is 5.20. The quantitative estimate of drug-likeness (QED) is 0.104. The van der Waals surface area contributed by atoms with Crippen LogP contribution in [0.2, 0.25) is 0 Å². The first-order valence-electron chi connectivity index (χ1n) is 15.3. The fourth-order valence-corrected chi connectivity index (χ4v) is 5.36. The molecule has 0 fully saturated rings. The molecule has 0 aliphatic rings. The lowest BCUT2D eigenvalue weighted by Gasteiger charge is -2.18. The summed E-state index contributed by atoms with van der Waals surface area (Å²) in [5, 5.41) is 5.17. The molecule has 5 rings (SSSR count). The fraction of sp³-hybridized carbons (Fsp3) is 0.237. The van der Waals surface area contributed by atoms with Crippen LogP contribution in [0, 0.1) is 12.7 Å². The minimum absolute atomic E-state index is 0.160. The van der Waals surface area contributed by atoms with E-state index in [1.54, 1.807) is 43.7 Å². The van der Waals surface area contributed by atoms with Gasteiger partial charge < -0.3 is 14.2 Å². The Labute approximate surface area is 268 Å². The third kappa shape index (κ3) is 6.86. The Morgan fingerprint density at radius 3 is 2.54 bits per heavy atom. The number of ether oxygens (including phenoxy) is 3. The number of hydrogen-bond acceptors (Lipinski definition) is 6. The highest BCUT2D eigenvalue weighted by Crippen LogP contribution is 2.36. The monoisotopic (exact) mass is 619 g/mol. The SMILES string of the molecule is C=CCc1cc(C=Nn2c(-c3cc(C(C)C)c(OCC)cc3C)nc3ccccc3c2=O)cc(OC)c1OCc1cccc(F)c1. The molecule has 7 nitrogen and oxygen atoms in total. The van der Waals surface area contributed by atoms with E-state index in [2.05, 4.69) is 20.4 Å². The third-order valence-corrected chi connectivity index (χ3v) is 7.61. The van der Waals surface area contributed by atoms with Gasteiger partial charge in [-0.3, -0.25) is 4.79 Å². The van der Waals surface area contributed by atoms with Gasteiger partial charge in [0.25, 0.3) is 5.56 Å². The Morgan fingerprint density at radius 1 is 1.02 bits per heavy atom. The van der Waals surface area contributed by atoms with Crippen molar-refractivity contribution in [2.24, 2.45) is 5.10 Å². The molecular formula is C38H38FN3O4. The molecule has 4 aromatic carbocycles. The normalized spacial score (nSPS) is 11.4. The molecule has 8 heteroatoms. The van der Waals surface area contributed by atoms with E-state index in [4.69, 9.17) is 24.3 Å². The second-order valence-corrected chi connectivity index (χ2v) is 11.2. The second kappa shape index (κ2) is 14.2. The summed E-state index contributed by atoms with van der Waals surface area (Å²) in [6.07, 6.45) is 3.87. The molecule has 0 aliphatic carbocycles. The maximum Gasteiger partial charge on any atom is 0.282 e. The van der Waals surface area contributed by atoms with E-state index >= 15 is 0 Å². The first kappa shape index (κ1) is 32.2. The van der Waals surface area contributed by atoms with Crippen molar-refractivity contribution in [3.05, 3.63) is 129 Å². The minimum Gasteiger partial charge on any atom is -0.494 e. The number of hydrogen-bond donors (Lipinski definition) is 0. The smallest absolute Gasteiger partial charge is 0.282 e. The zero-order valence-corrected chi connectivity index (χ0v) is 26.8. The predicted molar refractivity (Wildman–Crippen MR) is 182 cm³/mol. The van der Waals surface area contributed by atoms with Crippen LogP contribution in [0.3, 0.4) is 0 Å². The van der Waals surface area contributed by atoms with Crippen LogP contribution in [0.4, 0.5) is 4.39 Å². The van der Waals surface area contributed by atoms with Crippen molar-refractivity contribution in [2.45, 2.75) is 46.6 Å². The van der Waals surface area contributed by atoms with E-state index < -0.39 is 0 Å². The Balaban J connectivity index is 1.62. The summed E-state index contributed by atoms with van der Waals surface area (Å²) >= 11 is 0. The largest absolute Gasteiger partial charge is 0.494 e. The molecule has 1 aromatic heterocycles. The van der Waals surface area contributed by atoms with Crippen LogP contribution in [-0.2, 0) is 13.0 Å². The van der Waals surface area contributed by atoms with Gasteiger partial charge in [0.2, 0.25) is 0 Å². The van der Waals surface area contributed by atoms with Crippen LogP contribution >= 0.6 is 0 Å². The Bertz CT molecular complexity index is 1980. The van der Waals surface area contributed by atoms with Crippen molar-refractivity contribution in [1.82, 2.24) is 9.66 Å². The van der Waals surface area contributed by atoms with Crippen LogP contribution in [-0.4, -0.2) is 29.6 Å². The van der Waals surface area contributed by atoms with Gasteiger partial charge in [0.05, 0.1) is 30.8 Å². The molecule has 0 aliphatic heterocycles. The van der Waals surface area contributed by atoms with Crippen LogP contribution < -0.4 is 19.8 Å². The van der Waals surface area contributed by atoms with Crippen molar-refractivity contribution in [3.8, 4) is 28.6 Å². The lowest BCUT2D eigenvalue weighted by atomic mass is 9.96. The first-order valence-corrected chi connectivity index (χ1v) is 15.3. The number of para-hydroxylation sites is 1. The van der Waals surface area contributed by atoms with Crippen LogP contribution in [0.15, 0.2) is 95.3 Å². The topological polar surface area (TPSA) is 74.9 Å². The van der Waals surface area contributed by atoms with Gasteiger partial charge in [-0.15, -0.1) is 6.58 Å². The van der Waals surface area contributed by atoms with E-state index in [9.17, 15) is 9.18 Å². The third-order valence-electron chi connectivity index (χ3n) is 7.61. The molecule has 236 valence electrons. The number of aryl methyl sites for hydroxylation is 1. The Morgan fingerprint density at radius 2 is 1.83 bits per heavy atom. The van der Waals surface area contributed by atoms with Crippen molar-refractivity contribution < 1.29 is 18.6 Å². The number of aromatic nitrogens is 2. The summed E-state index contributed by atoms with van der Waals surface area (Å²) < 4.78 is 32.9. The van der Waals surface area contributed by atoms with Crippen molar-refractivity contribution >= 4 is 17.1 Å². The molecule has 0 spiro atoms. The zero-order chi connectivity index (χ0) is 32.8. The van der Waals surface area contributed by atoms with Crippen LogP contribution in [0.5, 0.6) is 17.2 Å². The van der Waals surface area contributed by atoms with Gasteiger partial charge >= 0.3 is 0 Å². The molecule has 0 N–H and O–H groups in total. The summed E-state index contributed by atoms with van der Waals surface area (Å²) in [5.74, 6) is 2.10. The van der Waals surface area contributed by atoms with Crippen molar-refractivity contribution in [1.29, 1.82) is 0 Å². The lowest BCUT2D eigenvalue weighted by molar-refractivity contribution is 0.281. The maximum atomic E-state index is 13.9. The molecular weight excluding hydrogens is 581 g/mol. The van der Waals surface area contributed by atoms with E-state index in [-0.39, 0.29) is 23.9 Å².